The molecule has 0 atom stereocenters. The molecule has 7 heteroatoms. The average molecular weight is 322 g/mol. The van der Waals surface area contributed by atoms with E-state index in [1.54, 1.807) is 12.1 Å². The Balaban J connectivity index is 2.57. The maximum Gasteiger partial charge on any atom is 0.264 e. The molecular formula is C15H15FN2O3S. The summed E-state index contributed by atoms with van der Waals surface area (Å²) in [6, 6.07) is 9.54. The number of halogens is 1. The summed E-state index contributed by atoms with van der Waals surface area (Å²) in [4.78, 5) is 11.4. The van der Waals surface area contributed by atoms with E-state index in [1.807, 2.05) is 0 Å². The lowest BCUT2D eigenvalue weighted by Crippen LogP contribution is -2.29. The van der Waals surface area contributed by atoms with Gasteiger partial charge < -0.3 is 5.73 Å². The van der Waals surface area contributed by atoms with E-state index >= 15 is 0 Å². The van der Waals surface area contributed by atoms with Crippen LogP contribution in [0.4, 0.5) is 10.1 Å². The fourth-order valence-corrected chi connectivity index (χ4v) is 3.55. The van der Waals surface area contributed by atoms with Crippen LogP contribution in [0, 0.1) is 12.7 Å². The number of anilines is 1. The molecule has 5 nitrogen and oxygen atoms in total. The minimum atomic E-state index is -3.94. The van der Waals surface area contributed by atoms with Gasteiger partial charge in [-0.25, -0.2) is 12.8 Å². The molecule has 22 heavy (non-hydrogen) atoms. The van der Waals surface area contributed by atoms with Crippen LogP contribution in [0.15, 0.2) is 47.4 Å². The summed E-state index contributed by atoms with van der Waals surface area (Å²) in [5.74, 6) is -1.25. The van der Waals surface area contributed by atoms with Crippen LogP contribution < -0.4 is 10.0 Å². The second kappa shape index (κ2) is 5.76. The van der Waals surface area contributed by atoms with Gasteiger partial charge in [0.2, 0.25) is 0 Å². The monoisotopic (exact) mass is 322 g/mol. The van der Waals surface area contributed by atoms with E-state index in [4.69, 9.17) is 5.73 Å². The van der Waals surface area contributed by atoms with Crippen LogP contribution in [-0.4, -0.2) is 21.4 Å². The molecule has 1 amide bonds. The van der Waals surface area contributed by atoms with Crippen molar-refractivity contribution in [2.75, 3.05) is 11.4 Å². The SMILES string of the molecule is Cc1cc(F)ccc1S(=O)(=O)N(C)c1ccccc1C(N)=O. The standard InChI is InChI=1S/C15H15FN2O3S/c1-10-9-11(16)7-8-14(10)22(20,21)18(2)13-6-4-3-5-12(13)15(17)19/h3-9H,1-2H3,(H2,17,19). The molecule has 2 aromatic carbocycles. The molecule has 0 saturated heterocycles. The molecule has 0 aliphatic heterocycles. The van der Waals surface area contributed by atoms with Gasteiger partial charge in [0.1, 0.15) is 5.82 Å². The van der Waals surface area contributed by atoms with Crippen LogP contribution in [0.1, 0.15) is 15.9 Å². The fourth-order valence-electron chi connectivity index (χ4n) is 2.14. The smallest absolute Gasteiger partial charge is 0.264 e. The van der Waals surface area contributed by atoms with Crippen molar-refractivity contribution in [2.24, 2.45) is 5.73 Å². The summed E-state index contributed by atoms with van der Waals surface area (Å²) in [7, 11) is -2.62. The molecule has 0 bridgehead atoms. The minimum Gasteiger partial charge on any atom is -0.366 e. The molecule has 0 unspecified atom stereocenters. The normalized spacial score (nSPS) is 11.2. The van der Waals surface area contributed by atoms with E-state index < -0.39 is 21.7 Å². The number of sulfonamides is 1. The maximum atomic E-state index is 13.2. The highest BCUT2D eigenvalue weighted by molar-refractivity contribution is 7.92. The second-order valence-corrected chi connectivity index (χ2v) is 6.70. The van der Waals surface area contributed by atoms with Crippen LogP contribution in [0.25, 0.3) is 0 Å². The first-order valence-electron chi connectivity index (χ1n) is 6.39. The Morgan fingerprint density at radius 3 is 2.41 bits per heavy atom. The van der Waals surface area contributed by atoms with Crippen molar-refractivity contribution in [2.45, 2.75) is 11.8 Å². The third-order valence-corrected chi connectivity index (χ3v) is 5.22. The zero-order chi connectivity index (χ0) is 16.5. The van der Waals surface area contributed by atoms with Crippen molar-refractivity contribution in [3.8, 4) is 0 Å². The third-order valence-electron chi connectivity index (χ3n) is 3.28. The zero-order valence-corrected chi connectivity index (χ0v) is 12.9. The van der Waals surface area contributed by atoms with E-state index in [2.05, 4.69) is 0 Å². The summed E-state index contributed by atoms with van der Waals surface area (Å²) < 4.78 is 39.5. The highest BCUT2D eigenvalue weighted by atomic mass is 32.2. The Kier molecular flexibility index (Phi) is 4.18. The van der Waals surface area contributed by atoms with Gasteiger partial charge in [0.15, 0.2) is 0 Å². The molecule has 0 aliphatic carbocycles. The molecule has 0 saturated carbocycles. The zero-order valence-electron chi connectivity index (χ0n) is 12.1. The number of hydrogen-bond donors (Lipinski definition) is 1. The first-order valence-corrected chi connectivity index (χ1v) is 7.83. The number of carbonyl (C=O) groups excluding carboxylic acids is 1. The van der Waals surface area contributed by atoms with Crippen LogP contribution in [0.5, 0.6) is 0 Å². The number of rotatable bonds is 4. The number of hydrogen-bond acceptors (Lipinski definition) is 3. The molecule has 0 spiro atoms. The first-order chi connectivity index (χ1) is 10.2. The summed E-state index contributed by atoms with van der Waals surface area (Å²) >= 11 is 0. The molecule has 2 aromatic rings. The van der Waals surface area contributed by atoms with Gasteiger partial charge in [-0.2, -0.15) is 0 Å². The number of amides is 1. The molecule has 0 radical (unpaired) electrons. The quantitative estimate of drug-likeness (QED) is 0.935. The molecule has 116 valence electrons. The van der Waals surface area contributed by atoms with E-state index in [0.717, 1.165) is 16.4 Å². The summed E-state index contributed by atoms with van der Waals surface area (Å²) in [5, 5.41) is 0. The van der Waals surface area contributed by atoms with Gasteiger partial charge in [-0.15, -0.1) is 0 Å². The lowest BCUT2D eigenvalue weighted by molar-refractivity contribution is 0.100. The number of para-hydroxylation sites is 1. The van der Waals surface area contributed by atoms with Gasteiger partial charge >= 0.3 is 0 Å². The van der Waals surface area contributed by atoms with Gasteiger partial charge in [0, 0.05) is 7.05 Å². The predicted molar refractivity (Wildman–Crippen MR) is 81.7 cm³/mol. The third kappa shape index (κ3) is 2.80. The van der Waals surface area contributed by atoms with E-state index in [-0.39, 0.29) is 21.7 Å². The molecule has 2 rings (SSSR count). The van der Waals surface area contributed by atoms with Gasteiger partial charge in [-0.3, -0.25) is 9.10 Å². The van der Waals surface area contributed by atoms with Crippen LogP contribution in [0.2, 0.25) is 0 Å². The summed E-state index contributed by atoms with van der Waals surface area (Å²) in [5.41, 5.74) is 5.81. The van der Waals surface area contributed by atoms with Crippen molar-refractivity contribution in [3.63, 3.8) is 0 Å². The Labute approximate surface area is 128 Å². The number of carbonyl (C=O) groups is 1. The maximum absolute atomic E-state index is 13.2. The first kappa shape index (κ1) is 16.0. The average Bonchev–Trinajstić information content (AvgIpc) is 2.45. The van der Waals surface area contributed by atoms with Crippen LogP contribution >= 0.6 is 0 Å². The van der Waals surface area contributed by atoms with E-state index in [1.165, 1.54) is 32.2 Å². The number of aryl methyl sites for hydroxylation is 1. The largest absolute Gasteiger partial charge is 0.366 e. The van der Waals surface area contributed by atoms with Crippen molar-refractivity contribution < 1.29 is 17.6 Å². The molecule has 0 fully saturated rings. The second-order valence-electron chi connectivity index (χ2n) is 4.76. The Bertz CT molecular complexity index is 834. The summed E-state index contributed by atoms with van der Waals surface area (Å²) in [6.45, 7) is 1.50. The Morgan fingerprint density at radius 2 is 1.82 bits per heavy atom. The highest BCUT2D eigenvalue weighted by Crippen LogP contribution is 2.27. The van der Waals surface area contributed by atoms with E-state index in [9.17, 15) is 17.6 Å². The van der Waals surface area contributed by atoms with Crippen LogP contribution in [0.3, 0.4) is 0 Å². The lowest BCUT2D eigenvalue weighted by atomic mass is 10.2. The van der Waals surface area contributed by atoms with Crippen molar-refractivity contribution in [3.05, 3.63) is 59.4 Å². The Hall–Kier alpha value is -2.41. The summed E-state index contributed by atoms with van der Waals surface area (Å²) in [6.07, 6.45) is 0. The number of benzene rings is 2. The molecule has 2 N–H and O–H groups in total. The Morgan fingerprint density at radius 1 is 1.18 bits per heavy atom. The van der Waals surface area contributed by atoms with Crippen molar-refractivity contribution in [1.82, 2.24) is 0 Å². The lowest BCUT2D eigenvalue weighted by Gasteiger charge is -2.22. The van der Waals surface area contributed by atoms with Crippen LogP contribution in [-0.2, 0) is 10.0 Å². The molecule has 0 aliphatic rings. The topological polar surface area (TPSA) is 80.5 Å². The van der Waals surface area contributed by atoms with Gasteiger partial charge in [-0.05, 0) is 42.8 Å². The van der Waals surface area contributed by atoms with Crippen molar-refractivity contribution >= 4 is 21.6 Å². The molecule has 0 aromatic heterocycles. The fraction of sp³-hybridized carbons (Fsp3) is 0.133. The number of primary amides is 1. The van der Waals surface area contributed by atoms with E-state index in [0.29, 0.717) is 0 Å². The number of nitrogens with two attached hydrogens (primary N) is 1. The highest BCUT2D eigenvalue weighted by Gasteiger charge is 2.26. The predicted octanol–water partition coefficient (Wildman–Crippen LogP) is 2.06. The number of nitrogens with zero attached hydrogens (tertiary/aromatic N) is 1. The van der Waals surface area contributed by atoms with Gasteiger partial charge in [0.05, 0.1) is 16.1 Å². The van der Waals surface area contributed by atoms with Crippen molar-refractivity contribution in [1.29, 1.82) is 0 Å². The van der Waals surface area contributed by atoms with Gasteiger partial charge in [-0.1, -0.05) is 12.1 Å². The van der Waals surface area contributed by atoms with Gasteiger partial charge in [0.25, 0.3) is 15.9 Å². The minimum absolute atomic E-state index is 0.0318. The molecule has 0 heterocycles. The molecular weight excluding hydrogens is 307 g/mol.